The van der Waals surface area contributed by atoms with Gasteiger partial charge in [-0.25, -0.2) is 18.4 Å². The van der Waals surface area contributed by atoms with Crippen molar-refractivity contribution in [3.05, 3.63) is 66.2 Å². The van der Waals surface area contributed by atoms with Gasteiger partial charge in [0, 0.05) is 0 Å². The quantitative estimate of drug-likeness (QED) is 0.254. The normalized spacial score (nSPS) is 11.6. The van der Waals surface area contributed by atoms with Crippen LogP contribution in [0.1, 0.15) is 10.4 Å². The summed E-state index contributed by atoms with van der Waals surface area (Å²) in [6.45, 7) is 0. The van der Waals surface area contributed by atoms with Gasteiger partial charge in [0.2, 0.25) is 0 Å². The molecule has 0 saturated carbocycles. The monoisotopic (exact) mass is 542 g/mol. The lowest BCUT2D eigenvalue weighted by molar-refractivity contribution is 0.102. The van der Waals surface area contributed by atoms with E-state index in [0.717, 1.165) is 24.8 Å². The number of methoxy groups -OCH3 is 1. The third-order valence-electron chi connectivity index (χ3n) is 5.07. The van der Waals surface area contributed by atoms with Gasteiger partial charge in [0.05, 0.1) is 43.7 Å². The Morgan fingerprint density at radius 3 is 2.34 bits per heavy atom. The lowest BCUT2D eigenvalue weighted by Crippen LogP contribution is -2.18. The molecule has 0 spiro atoms. The Bertz CT molecular complexity index is 1660. The summed E-state index contributed by atoms with van der Waals surface area (Å²) in [5.41, 5.74) is 2.00. The van der Waals surface area contributed by atoms with Gasteiger partial charge < -0.3 is 4.74 Å². The first kappa shape index (κ1) is 23.5. The molecule has 0 atom stereocenters. The lowest BCUT2D eigenvalue weighted by atomic mass is 10.2. The van der Waals surface area contributed by atoms with E-state index in [9.17, 15) is 13.2 Å². The number of nitrogens with one attached hydrogen (secondary N) is 2. The summed E-state index contributed by atoms with van der Waals surface area (Å²) in [6.07, 6.45) is 1.98. The molecule has 5 aromatic rings. The van der Waals surface area contributed by atoms with Gasteiger partial charge in [-0.3, -0.25) is 14.8 Å². The van der Waals surface area contributed by atoms with Crippen molar-refractivity contribution >= 4 is 81.6 Å². The summed E-state index contributed by atoms with van der Waals surface area (Å²) >= 11 is 4.53. The fourth-order valence-electron chi connectivity index (χ4n) is 3.39. The average Bonchev–Trinajstić information content (AvgIpc) is 3.47. The number of sulfonamides is 1. The smallest absolute Gasteiger partial charge is 0.261 e. The number of nitrogens with zero attached hydrogens (tertiary/aromatic N) is 2. The third kappa shape index (κ3) is 4.69. The summed E-state index contributed by atoms with van der Waals surface area (Å²) in [5, 5.41) is 3.23. The Labute approximate surface area is 213 Å². The number of amides is 1. The molecule has 0 radical (unpaired) electrons. The van der Waals surface area contributed by atoms with Crippen molar-refractivity contribution in [2.45, 2.75) is 9.24 Å². The highest BCUT2D eigenvalue weighted by molar-refractivity contribution is 8.00. The van der Waals surface area contributed by atoms with Crippen molar-refractivity contribution in [3.63, 3.8) is 0 Å². The SMILES string of the molecule is COc1ccc(S(=O)(=O)Nc2ccccc2C(=O)Nc2nc3ccc4nc(SC)sc4c3s2)cc1. The van der Waals surface area contributed by atoms with Crippen LogP contribution in [0.3, 0.4) is 0 Å². The van der Waals surface area contributed by atoms with Crippen LogP contribution in [0.25, 0.3) is 20.4 Å². The Hall–Kier alpha value is -3.19. The second kappa shape index (κ2) is 9.46. The molecule has 2 N–H and O–H groups in total. The molecule has 0 aliphatic rings. The highest BCUT2D eigenvalue weighted by Gasteiger charge is 2.20. The predicted molar refractivity (Wildman–Crippen MR) is 143 cm³/mol. The van der Waals surface area contributed by atoms with Crippen LogP contribution >= 0.6 is 34.4 Å². The third-order valence-corrected chi connectivity index (χ3v) is 9.66. The highest BCUT2D eigenvalue weighted by Crippen LogP contribution is 2.38. The number of fused-ring (bicyclic) bond motifs is 3. The number of rotatable bonds is 7. The number of hydrogen-bond donors (Lipinski definition) is 2. The zero-order valence-electron chi connectivity index (χ0n) is 18.4. The molecule has 2 heterocycles. The molecule has 35 heavy (non-hydrogen) atoms. The molecule has 1 amide bonds. The van der Waals surface area contributed by atoms with E-state index in [2.05, 4.69) is 20.0 Å². The van der Waals surface area contributed by atoms with E-state index in [1.54, 1.807) is 59.5 Å². The molecular formula is C23H18N4O4S4. The molecule has 178 valence electrons. The molecular weight excluding hydrogens is 525 g/mol. The molecule has 0 unspecified atom stereocenters. The van der Waals surface area contributed by atoms with Gasteiger partial charge in [-0.1, -0.05) is 35.2 Å². The fraction of sp³-hybridized carbons (Fsp3) is 0.0870. The Morgan fingerprint density at radius 2 is 1.63 bits per heavy atom. The fourth-order valence-corrected chi connectivity index (χ4v) is 7.12. The molecule has 0 saturated heterocycles. The Balaban J connectivity index is 1.42. The summed E-state index contributed by atoms with van der Waals surface area (Å²) in [5.74, 6) is 0.0716. The number of anilines is 2. The van der Waals surface area contributed by atoms with Crippen LogP contribution in [0.4, 0.5) is 10.8 Å². The van der Waals surface area contributed by atoms with Gasteiger partial charge in [0.25, 0.3) is 15.9 Å². The van der Waals surface area contributed by atoms with E-state index in [0.29, 0.717) is 10.9 Å². The Kier molecular flexibility index (Phi) is 6.36. The van der Waals surface area contributed by atoms with Gasteiger partial charge in [-0.05, 0) is 54.8 Å². The van der Waals surface area contributed by atoms with Crippen LogP contribution < -0.4 is 14.8 Å². The van der Waals surface area contributed by atoms with Crippen LogP contribution in [0.5, 0.6) is 5.75 Å². The predicted octanol–water partition coefficient (Wildman–Crippen LogP) is 5.69. The van der Waals surface area contributed by atoms with E-state index < -0.39 is 15.9 Å². The first-order valence-electron chi connectivity index (χ1n) is 10.2. The number of ether oxygens (including phenoxy) is 1. The highest BCUT2D eigenvalue weighted by atomic mass is 32.2. The van der Waals surface area contributed by atoms with Crippen molar-refractivity contribution < 1.29 is 17.9 Å². The summed E-state index contributed by atoms with van der Waals surface area (Å²) in [4.78, 5) is 22.3. The Morgan fingerprint density at radius 1 is 0.943 bits per heavy atom. The number of para-hydroxylation sites is 1. The van der Waals surface area contributed by atoms with E-state index in [-0.39, 0.29) is 16.1 Å². The molecule has 5 rings (SSSR count). The molecule has 3 aromatic carbocycles. The maximum absolute atomic E-state index is 13.1. The minimum absolute atomic E-state index is 0.0536. The number of thiazole rings is 2. The molecule has 0 aliphatic carbocycles. The van der Waals surface area contributed by atoms with Gasteiger partial charge in [0.15, 0.2) is 9.47 Å². The molecule has 12 heteroatoms. The lowest BCUT2D eigenvalue weighted by Gasteiger charge is -2.12. The van der Waals surface area contributed by atoms with Crippen LogP contribution in [0.15, 0.2) is 69.9 Å². The minimum atomic E-state index is -3.92. The van der Waals surface area contributed by atoms with Crippen LogP contribution in [-0.4, -0.2) is 37.7 Å². The van der Waals surface area contributed by atoms with Gasteiger partial charge >= 0.3 is 0 Å². The van der Waals surface area contributed by atoms with Crippen molar-refractivity contribution in [2.75, 3.05) is 23.4 Å². The van der Waals surface area contributed by atoms with Crippen molar-refractivity contribution in [3.8, 4) is 5.75 Å². The van der Waals surface area contributed by atoms with Crippen LogP contribution in [0.2, 0.25) is 0 Å². The first-order valence-corrected chi connectivity index (χ1v) is 14.5. The van der Waals surface area contributed by atoms with Gasteiger partial charge in [-0.15, -0.1) is 11.3 Å². The number of carbonyl (C=O) groups excluding carboxylic acids is 1. The second-order valence-corrected chi connectivity index (χ2v) is 12.0. The zero-order valence-corrected chi connectivity index (χ0v) is 21.7. The average molecular weight is 543 g/mol. The summed E-state index contributed by atoms with van der Waals surface area (Å²) in [7, 11) is -2.41. The zero-order chi connectivity index (χ0) is 24.6. The molecule has 0 bridgehead atoms. The summed E-state index contributed by atoms with van der Waals surface area (Å²) < 4.78 is 36.3. The molecule has 8 nitrogen and oxygen atoms in total. The van der Waals surface area contributed by atoms with E-state index >= 15 is 0 Å². The number of thioether (sulfide) groups is 1. The van der Waals surface area contributed by atoms with E-state index in [4.69, 9.17) is 4.74 Å². The van der Waals surface area contributed by atoms with Gasteiger partial charge in [-0.2, -0.15) is 0 Å². The summed E-state index contributed by atoms with van der Waals surface area (Å²) in [6, 6.07) is 16.2. The number of carbonyl (C=O) groups is 1. The number of aromatic nitrogens is 2. The van der Waals surface area contributed by atoms with Gasteiger partial charge in [0.1, 0.15) is 5.75 Å². The van der Waals surface area contributed by atoms with Crippen LogP contribution in [-0.2, 0) is 10.0 Å². The first-order chi connectivity index (χ1) is 16.9. The van der Waals surface area contributed by atoms with Crippen molar-refractivity contribution in [2.24, 2.45) is 0 Å². The van der Waals surface area contributed by atoms with E-state index in [1.807, 2.05) is 18.4 Å². The van der Waals surface area contributed by atoms with E-state index in [1.165, 1.54) is 30.6 Å². The van der Waals surface area contributed by atoms with Crippen molar-refractivity contribution in [1.29, 1.82) is 0 Å². The second-order valence-electron chi connectivity index (χ2n) is 7.25. The largest absolute Gasteiger partial charge is 0.497 e. The molecule has 0 fully saturated rings. The minimum Gasteiger partial charge on any atom is -0.497 e. The topological polar surface area (TPSA) is 110 Å². The standard InChI is InChI=1S/C23H18N4O4S4/c1-31-13-7-9-14(10-8-13)35(29,30)27-16-6-4-3-5-15(16)21(28)26-22-24-17-11-12-18-20(19(17)33-22)34-23(25-18)32-2/h3-12,27H,1-2H3,(H,24,26,28). The molecule has 0 aliphatic heterocycles. The van der Waals surface area contributed by atoms with Crippen LogP contribution in [0, 0.1) is 0 Å². The van der Waals surface area contributed by atoms with Crippen molar-refractivity contribution in [1.82, 2.24) is 9.97 Å². The number of benzene rings is 3. The maximum Gasteiger partial charge on any atom is 0.261 e. The molecule has 2 aromatic heterocycles. The maximum atomic E-state index is 13.1. The number of hydrogen-bond acceptors (Lipinski definition) is 9.